The number of ether oxygens (including phenoxy) is 1. The molecular weight excluding hydrogens is 244 g/mol. The highest BCUT2D eigenvalue weighted by Crippen LogP contribution is 2.06. The van der Waals surface area contributed by atoms with Crippen LogP contribution in [0, 0.1) is 0 Å². The molecule has 1 aromatic rings. The highest BCUT2D eigenvalue weighted by molar-refractivity contribution is 8.12. The molecule has 0 fully saturated rings. The van der Waals surface area contributed by atoms with Crippen LogP contribution in [0.3, 0.4) is 0 Å². The molecule has 0 spiro atoms. The summed E-state index contributed by atoms with van der Waals surface area (Å²) in [4.78, 5) is 0. The van der Waals surface area contributed by atoms with Gasteiger partial charge in [0.25, 0.3) is 0 Å². The minimum Gasteiger partial charge on any atom is -0.381 e. The Labute approximate surface area is 112 Å². The molecule has 3 nitrogen and oxygen atoms in total. The summed E-state index contributed by atoms with van der Waals surface area (Å²) in [5.74, 6) is 0.955. The minimum absolute atomic E-state index is 0.754. The molecule has 1 aliphatic heterocycles. The monoisotopic (exact) mass is 262 g/mol. The van der Waals surface area contributed by atoms with E-state index in [-0.39, 0.29) is 0 Å². The number of benzene rings is 1. The second-order valence-electron chi connectivity index (χ2n) is 4.15. The van der Waals surface area contributed by atoms with E-state index in [9.17, 15) is 0 Å². The van der Waals surface area contributed by atoms with Crippen LogP contribution in [0.2, 0.25) is 0 Å². The van der Waals surface area contributed by atoms with Crippen molar-refractivity contribution >= 4 is 23.0 Å². The van der Waals surface area contributed by atoms with Gasteiger partial charge in [0.05, 0.1) is 17.9 Å². The lowest BCUT2D eigenvalue weighted by atomic mass is 10.1. The fourth-order valence-electron chi connectivity index (χ4n) is 1.74. The normalized spacial score (nSPS) is 14.6. The highest BCUT2D eigenvalue weighted by atomic mass is 32.2. The Kier molecular flexibility index (Phi) is 5.96. The molecule has 18 heavy (non-hydrogen) atoms. The van der Waals surface area contributed by atoms with E-state index in [4.69, 9.17) is 4.74 Å². The average molecular weight is 262 g/mol. The summed E-state index contributed by atoms with van der Waals surface area (Å²) in [5.41, 5.74) is 4.29. The molecule has 0 N–H and O–H groups in total. The molecule has 0 aromatic heterocycles. The van der Waals surface area contributed by atoms with Gasteiger partial charge in [-0.3, -0.25) is 0 Å². The predicted molar refractivity (Wildman–Crippen MR) is 78.6 cm³/mol. The Hall–Kier alpha value is -1.13. The van der Waals surface area contributed by atoms with Crippen LogP contribution in [0.25, 0.3) is 0 Å². The largest absolute Gasteiger partial charge is 0.381 e. The summed E-state index contributed by atoms with van der Waals surface area (Å²) < 4.78 is 5.62. The molecule has 0 unspecified atom stereocenters. The van der Waals surface area contributed by atoms with Gasteiger partial charge < -0.3 is 4.74 Å². The van der Waals surface area contributed by atoms with Crippen LogP contribution in [0.4, 0.5) is 0 Å². The number of nitrogens with zero attached hydrogens (tertiary/aromatic N) is 2. The molecule has 0 saturated carbocycles. The van der Waals surface area contributed by atoms with Crippen LogP contribution < -0.4 is 0 Å². The Balaban J connectivity index is 1.51. The maximum atomic E-state index is 5.62. The number of rotatable bonds is 7. The first-order chi connectivity index (χ1) is 8.95. The van der Waals surface area contributed by atoms with E-state index < -0.39 is 0 Å². The standard InChI is InChI=1S/C14H18N2OS/c1-2-5-13(6-3-1)7-4-9-17-10-8-14-11-18-12-15-16-14/h1-3,5-6,12H,4,7-11H2. The van der Waals surface area contributed by atoms with Crippen LogP contribution in [0.15, 0.2) is 40.5 Å². The number of hydrogen-bond acceptors (Lipinski definition) is 4. The van der Waals surface area contributed by atoms with Gasteiger partial charge in [-0.1, -0.05) is 30.3 Å². The zero-order chi connectivity index (χ0) is 12.5. The van der Waals surface area contributed by atoms with E-state index in [0.717, 1.165) is 43.9 Å². The van der Waals surface area contributed by atoms with Crippen molar-refractivity contribution in [3.05, 3.63) is 35.9 Å². The predicted octanol–water partition coefficient (Wildman–Crippen LogP) is 3.16. The van der Waals surface area contributed by atoms with Crippen molar-refractivity contribution in [1.29, 1.82) is 0 Å². The zero-order valence-electron chi connectivity index (χ0n) is 10.4. The third-order valence-electron chi connectivity index (χ3n) is 2.70. The van der Waals surface area contributed by atoms with Gasteiger partial charge in [0.15, 0.2) is 0 Å². The molecule has 0 saturated heterocycles. The number of hydrogen-bond donors (Lipinski definition) is 0. The Morgan fingerprint density at radius 1 is 1.11 bits per heavy atom. The lowest BCUT2D eigenvalue weighted by Crippen LogP contribution is -2.09. The van der Waals surface area contributed by atoms with E-state index >= 15 is 0 Å². The van der Waals surface area contributed by atoms with E-state index in [2.05, 4.69) is 34.5 Å². The summed E-state index contributed by atoms with van der Waals surface area (Å²) >= 11 is 1.69. The first-order valence-corrected chi connectivity index (χ1v) is 7.30. The van der Waals surface area contributed by atoms with Crippen molar-refractivity contribution in [2.24, 2.45) is 10.2 Å². The maximum Gasteiger partial charge on any atom is 0.0828 e. The average Bonchev–Trinajstić information content (AvgIpc) is 2.45. The van der Waals surface area contributed by atoms with Crippen LogP contribution in [-0.2, 0) is 11.2 Å². The molecule has 96 valence electrons. The second kappa shape index (κ2) is 8.06. The summed E-state index contributed by atoms with van der Waals surface area (Å²) in [6, 6.07) is 10.5. The summed E-state index contributed by atoms with van der Waals surface area (Å²) in [6.07, 6.45) is 3.06. The summed E-state index contributed by atoms with van der Waals surface area (Å²) in [6.45, 7) is 1.57. The molecule has 4 heteroatoms. The van der Waals surface area contributed by atoms with Crippen molar-refractivity contribution < 1.29 is 4.74 Å². The van der Waals surface area contributed by atoms with E-state index in [1.165, 1.54) is 5.56 Å². The smallest absolute Gasteiger partial charge is 0.0828 e. The van der Waals surface area contributed by atoms with Gasteiger partial charge in [0.1, 0.15) is 0 Å². The first kappa shape index (κ1) is 13.3. The molecule has 1 heterocycles. The maximum absolute atomic E-state index is 5.62. The van der Waals surface area contributed by atoms with E-state index in [0.29, 0.717) is 0 Å². The first-order valence-electron chi connectivity index (χ1n) is 6.25. The molecule has 0 aliphatic carbocycles. The van der Waals surface area contributed by atoms with Gasteiger partial charge in [-0.25, -0.2) is 0 Å². The molecule has 1 aliphatic rings. The lowest BCUT2D eigenvalue weighted by molar-refractivity contribution is 0.139. The Bertz CT molecular complexity index is 404. The third-order valence-corrected chi connectivity index (χ3v) is 3.45. The molecule has 0 atom stereocenters. The fraction of sp³-hybridized carbons (Fsp3) is 0.429. The lowest BCUT2D eigenvalue weighted by Gasteiger charge is -2.07. The van der Waals surface area contributed by atoms with Gasteiger partial charge in [0.2, 0.25) is 0 Å². The van der Waals surface area contributed by atoms with Gasteiger partial charge in [-0.15, -0.1) is 11.8 Å². The summed E-state index contributed by atoms with van der Waals surface area (Å²) in [7, 11) is 0. The van der Waals surface area contributed by atoms with Crippen molar-refractivity contribution in [3.63, 3.8) is 0 Å². The van der Waals surface area contributed by atoms with Crippen molar-refractivity contribution in [2.75, 3.05) is 19.0 Å². The molecular formula is C14H18N2OS. The van der Waals surface area contributed by atoms with Gasteiger partial charge in [0, 0.05) is 18.8 Å². The molecule has 0 bridgehead atoms. The SMILES string of the molecule is C1=NN=C(CCOCCCc2ccccc2)CS1. The molecule has 1 aromatic carbocycles. The third kappa shape index (κ3) is 5.02. The number of aryl methyl sites for hydroxylation is 1. The van der Waals surface area contributed by atoms with Crippen molar-refractivity contribution in [1.82, 2.24) is 0 Å². The topological polar surface area (TPSA) is 34.0 Å². The van der Waals surface area contributed by atoms with E-state index in [1.54, 1.807) is 17.3 Å². The molecule has 2 rings (SSSR count). The van der Waals surface area contributed by atoms with Crippen molar-refractivity contribution in [3.8, 4) is 0 Å². The van der Waals surface area contributed by atoms with Gasteiger partial charge in [-0.05, 0) is 18.4 Å². The quantitative estimate of drug-likeness (QED) is 0.707. The van der Waals surface area contributed by atoms with Crippen LogP contribution in [-0.4, -0.2) is 30.2 Å². The van der Waals surface area contributed by atoms with Crippen LogP contribution in [0.1, 0.15) is 18.4 Å². The second-order valence-corrected chi connectivity index (χ2v) is 4.98. The molecule has 0 amide bonds. The highest BCUT2D eigenvalue weighted by Gasteiger charge is 2.02. The fourth-order valence-corrected chi connectivity index (χ4v) is 2.32. The van der Waals surface area contributed by atoms with Crippen LogP contribution in [0.5, 0.6) is 0 Å². The summed E-state index contributed by atoms with van der Waals surface area (Å²) in [5, 5.41) is 7.96. The Morgan fingerprint density at radius 3 is 2.78 bits per heavy atom. The minimum atomic E-state index is 0.754. The van der Waals surface area contributed by atoms with Gasteiger partial charge >= 0.3 is 0 Å². The molecule has 0 radical (unpaired) electrons. The van der Waals surface area contributed by atoms with Gasteiger partial charge in [-0.2, -0.15) is 10.2 Å². The van der Waals surface area contributed by atoms with Crippen molar-refractivity contribution in [2.45, 2.75) is 19.3 Å². The number of thioether (sulfide) groups is 1. The van der Waals surface area contributed by atoms with E-state index in [1.807, 2.05) is 6.07 Å². The zero-order valence-corrected chi connectivity index (χ0v) is 11.2. The van der Waals surface area contributed by atoms with Crippen LogP contribution >= 0.6 is 11.8 Å². The Morgan fingerprint density at radius 2 is 2.00 bits per heavy atom.